The first-order valence-corrected chi connectivity index (χ1v) is 9.18. The van der Waals surface area contributed by atoms with Gasteiger partial charge in [0.15, 0.2) is 0 Å². The van der Waals surface area contributed by atoms with E-state index in [1.54, 1.807) is 42.2 Å². The number of pyridine rings is 2. The van der Waals surface area contributed by atoms with E-state index in [1.807, 2.05) is 30.3 Å². The summed E-state index contributed by atoms with van der Waals surface area (Å²) in [6.07, 6.45) is 6.45. The Hall–Kier alpha value is -3.87. The van der Waals surface area contributed by atoms with Crippen molar-refractivity contribution in [2.24, 2.45) is 0 Å². The Morgan fingerprint density at radius 2 is 1.83 bits per heavy atom. The summed E-state index contributed by atoms with van der Waals surface area (Å²) in [5.74, 6) is -0.293. The molecular weight excluding hydrogens is 366 g/mol. The highest BCUT2D eigenvalue weighted by molar-refractivity contribution is 5.98. The second-order valence-corrected chi connectivity index (χ2v) is 6.72. The van der Waals surface area contributed by atoms with Crippen molar-refractivity contribution in [2.45, 2.75) is 20.0 Å². The lowest BCUT2D eigenvalue weighted by molar-refractivity contribution is 0.0950. The minimum atomic E-state index is -0.293. The highest BCUT2D eigenvalue weighted by Crippen LogP contribution is 2.14. The Morgan fingerprint density at radius 1 is 1.07 bits per heavy atom. The number of aromatic nitrogens is 4. The molecule has 0 spiro atoms. The SMILES string of the molecule is Cc1nc2ccn(Cc3ccccc3)c(=O)c2cc1C(=O)NCc1cncnc1. The summed E-state index contributed by atoms with van der Waals surface area (Å²) >= 11 is 0. The maximum atomic E-state index is 13.0. The molecule has 0 atom stereocenters. The third-order valence-corrected chi connectivity index (χ3v) is 4.65. The molecule has 0 radical (unpaired) electrons. The number of amides is 1. The maximum absolute atomic E-state index is 13.0. The highest BCUT2D eigenvalue weighted by atomic mass is 16.1. The Kier molecular flexibility index (Phi) is 5.11. The van der Waals surface area contributed by atoms with Crippen molar-refractivity contribution >= 4 is 16.8 Å². The van der Waals surface area contributed by atoms with Gasteiger partial charge in [0.2, 0.25) is 0 Å². The molecule has 3 heterocycles. The van der Waals surface area contributed by atoms with Crippen molar-refractivity contribution in [3.63, 3.8) is 0 Å². The third kappa shape index (κ3) is 4.03. The summed E-state index contributed by atoms with van der Waals surface area (Å²) in [6, 6.07) is 13.2. The van der Waals surface area contributed by atoms with E-state index < -0.39 is 0 Å². The first kappa shape index (κ1) is 18.5. The van der Waals surface area contributed by atoms with Gasteiger partial charge in [-0.2, -0.15) is 0 Å². The van der Waals surface area contributed by atoms with Crippen molar-refractivity contribution in [1.29, 1.82) is 0 Å². The first-order valence-electron chi connectivity index (χ1n) is 9.18. The summed E-state index contributed by atoms with van der Waals surface area (Å²) in [6.45, 7) is 2.51. The number of fused-ring (bicyclic) bond motifs is 1. The number of aryl methyl sites for hydroxylation is 1. The second-order valence-electron chi connectivity index (χ2n) is 6.72. The zero-order valence-electron chi connectivity index (χ0n) is 15.9. The van der Waals surface area contributed by atoms with E-state index in [4.69, 9.17) is 0 Å². The van der Waals surface area contributed by atoms with E-state index >= 15 is 0 Å². The van der Waals surface area contributed by atoms with Gasteiger partial charge in [0.05, 0.1) is 28.7 Å². The minimum absolute atomic E-state index is 0.177. The molecule has 1 amide bonds. The second kappa shape index (κ2) is 8.02. The number of rotatable bonds is 5. The van der Waals surface area contributed by atoms with Crippen LogP contribution in [-0.2, 0) is 13.1 Å². The van der Waals surface area contributed by atoms with Gasteiger partial charge < -0.3 is 9.88 Å². The summed E-state index contributed by atoms with van der Waals surface area (Å²) < 4.78 is 1.62. The van der Waals surface area contributed by atoms with Crippen molar-refractivity contribution in [1.82, 2.24) is 24.8 Å². The summed E-state index contributed by atoms with van der Waals surface area (Å²) in [7, 11) is 0. The van der Waals surface area contributed by atoms with Gasteiger partial charge in [-0.05, 0) is 24.6 Å². The van der Waals surface area contributed by atoms with Crippen molar-refractivity contribution in [3.8, 4) is 0 Å². The van der Waals surface area contributed by atoms with Gasteiger partial charge in [-0.25, -0.2) is 9.97 Å². The molecule has 1 aromatic carbocycles. The molecule has 29 heavy (non-hydrogen) atoms. The quantitative estimate of drug-likeness (QED) is 0.570. The number of carbonyl (C=O) groups is 1. The van der Waals surface area contributed by atoms with Gasteiger partial charge in [-0.3, -0.25) is 14.6 Å². The van der Waals surface area contributed by atoms with Crippen LogP contribution in [0.3, 0.4) is 0 Å². The molecule has 0 unspecified atom stereocenters. The molecule has 0 aliphatic heterocycles. The van der Waals surface area contributed by atoms with Gasteiger partial charge in [0, 0.05) is 30.7 Å². The van der Waals surface area contributed by atoms with E-state index in [-0.39, 0.29) is 11.5 Å². The van der Waals surface area contributed by atoms with Crippen molar-refractivity contribution < 1.29 is 4.79 Å². The molecule has 0 saturated carbocycles. The lowest BCUT2D eigenvalue weighted by Crippen LogP contribution is -2.25. The number of nitrogens with one attached hydrogen (secondary N) is 1. The zero-order valence-corrected chi connectivity index (χ0v) is 15.9. The molecule has 7 heteroatoms. The maximum Gasteiger partial charge on any atom is 0.260 e. The van der Waals surface area contributed by atoms with Gasteiger partial charge in [-0.1, -0.05) is 30.3 Å². The number of nitrogens with zero attached hydrogens (tertiary/aromatic N) is 4. The van der Waals surface area contributed by atoms with Gasteiger partial charge >= 0.3 is 0 Å². The smallest absolute Gasteiger partial charge is 0.260 e. The molecular formula is C22H19N5O2. The van der Waals surface area contributed by atoms with Crippen molar-refractivity contribution in [3.05, 3.63) is 100 Å². The molecule has 0 aliphatic carbocycles. The lowest BCUT2D eigenvalue weighted by atomic mass is 10.1. The van der Waals surface area contributed by atoms with Crippen LogP contribution in [-0.4, -0.2) is 25.4 Å². The lowest BCUT2D eigenvalue weighted by Gasteiger charge is -2.11. The van der Waals surface area contributed by atoms with E-state index in [9.17, 15) is 9.59 Å². The number of hydrogen-bond donors (Lipinski definition) is 1. The van der Waals surface area contributed by atoms with E-state index in [1.165, 1.54) is 6.33 Å². The van der Waals surface area contributed by atoms with Crippen LogP contribution < -0.4 is 10.9 Å². The molecule has 0 saturated heterocycles. The van der Waals surface area contributed by atoms with Gasteiger partial charge in [-0.15, -0.1) is 0 Å². The molecule has 4 rings (SSSR count). The highest BCUT2D eigenvalue weighted by Gasteiger charge is 2.14. The number of benzene rings is 1. The van der Waals surface area contributed by atoms with E-state index in [2.05, 4.69) is 20.3 Å². The fraction of sp³-hybridized carbons (Fsp3) is 0.136. The zero-order chi connectivity index (χ0) is 20.2. The van der Waals surface area contributed by atoms with Crippen LogP contribution in [0.4, 0.5) is 0 Å². The molecule has 144 valence electrons. The Bertz CT molecular complexity index is 1220. The predicted molar refractivity (Wildman–Crippen MR) is 109 cm³/mol. The summed E-state index contributed by atoms with van der Waals surface area (Å²) in [5.41, 5.74) is 3.16. The first-order chi connectivity index (χ1) is 14.1. The van der Waals surface area contributed by atoms with Crippen LogP contribution in [0.25, 0.3) is 10.9 Å². The van der Waals surface area contributed by atoms with Crippen LogP contribution in [0.2, 0.25) is 0 Å². The fourth-order valence-corrected chi connectivity index (χ4v) is 3.14. The number of carbonyl (C=O) groups excluding carboxylic acids is 1. The summed E-state index contributed by atoms with van der Waals surface area (Å²) in [4.78, 5) is 38.0. The van der Waals surface area contributed by atoms with Crippen LogP contribution in [0.5, 0.6) is 0 Å². The van der Waals surface area contributed by atoms with Crippen LogP contribution in [0.1, 0.15) is 27.2 Å². The van der Waals surface area contributed by atoms with Gasteiger partial charge in [0.1, 0.15) is 6.33 Å². The Morgan fingerprint density at radius 3 is 2.59 bits per heavy atom. The molecule has 4 aromatic rings. The average molecular weight is 385 g/mol. The van der Waals surface area contributed by atoms with Crippen LogP contribution >= 0.6 is 0 Å². The normalized spacial score (nSPS) is 10.8. The molecule has 0 bridgehead atoms. The molecule has 3 aromatic heterocycles. The minimum Gasteiger partial charge on any atom is -0.348 e. The van der Waals surface area contributed by atoms with Gasteiger partial charge in [0.25, 0.3) is 11.5 Å². The van der Waals surface area contributed by atoms with Crippen LogP contribution in [0, 0.1) is 6.92 Å². The van der Waals surface area contributed by atoms with E-state index in [0.717, 1.165) is 11.1 Å². The Labute approximate surface area is 167 Å². The average Bonchev–Trinajstić information content (AvgIpc) is 2.75. The molecule has 7 nitrogen and oxygen atoms in total. The van der Waals surface area contributed by atoms with Crippen LogP contribution in [0.15, 0.2) is 72.2 Å². The fourth-order valence-electron chi connectivity index (χ4n) is 3.14. The monoisotopic (exact) mass is 385 g/mol. The molecule has 0 aliphatic rings. The summed E-state index contributed by atoms with van der Waals surface area (Å²) in [5, 5.41) is 3.25. The van der Waals surface area contributed by atoms with E-state index in [0.29, 0.717) is 35.2 Å². The molecule has 1 N–H and O–H groups in total. The largest absolute Gasteiger partial charge is 0.348 e. The molecule has 0 fully saturated rings. The Balaban J connectivity index is 1.64. The standard InChI is InChI=1S/C22H19N5O2/c1-15-18(21(28)25-12-17-10-23-14-24-11-17)9-19-20(26-15)7-8-27(22(19)29)13-16-5-3-2-4-6-16/h2-11,14H,12-13H2,1H3,(H,25,28). The number of hydrogen-bond acceptors (Lipinski definition) is 5. The topological polar surface area (TPSA) is 89.8 Å². The van der Waals surface area contributed by atoms with Crippen molar-refractivity contribution in [2.75, 3.05) is 0 Å². The third-order valence-electron chi connectivity index (χ3n) is 4.65. The predicted octanol–water partition coefficient (Wildman–Crippen LogP) is 2.47.